The number of nitrogens with zero attached hydrogens (tertiary/aromatic N) is 3. The second-order valence-electron chi connectivity index (χ2n) is 8.43. The first-order chi connectivity index (χ1) is 17.6. The van der Waals surface area contributed by atoms with Gasteiger partial charge in [-0.2, -0.15) is 0 Å². The lowest BCUT2D eigenvalue weighted by Crippen LogP contribution is -2.13. The summed E-state index contributed by atoms with van der Waals surface area (Å²) >= 11 is 1.45. The maximum atomic E-state index is 13.0. The van der Waals surface area contributed by atoms with Crippen molar-refractivity contribution < 1.29 is 4.79 Å². The Labute approximate surface area is 214 Å². The van der Waals surface area contributed by atoms with Crippen molar-refractivity contribution in [2.75, 3.05) is 10.6 Å². The Kier molecular flexibility index (Phi) is 6.82. The van der Waals surface area contributed by atoms with Crippen LogP contribution in [-0.2, 0) is 6.54 Å². The SMILES string of the molecule is Cc1cccc(-c2nc(NC(=O)c3cccnc3C)sc2-c2ccnc(NCc3ccccc3)c2)c1. The van der Waals surface area contributed by atoms with Gasteiger partial charge in [0.1, 0.15) is 5.82 Å². The molecule has 1 amide bonds. The van der Waals surface area contributed by atoms with Crippen LogP contribution >= 0.6 is 11.3 Å². The molecule has 0 spiro atoms. The lowest BCUT2D eigenvalue weighted by atomic mass is 10.1. The van der Waals surface area contributed by atoms with Crippen LogP contribution in [0.1, 0.15) is 27.2 Å². The molecule has 0 atom stereocenters. The molecule has 178 valence electrons. The van der Waals surface area contributed by atoms with Gasteiger partial charge in [0.2, 0.25) is 0 Å². The van der Waals surface area contributed by atoms with Gasteiger partial charge in [0.25, 0.3) is 5.91 Å². The van der Waals surface area contributed by atoms with Crippen LogP contribution in [0.25, 0.3) is 21.7 Å². The van der Waals surface area contributed by atoms with E-state index in [4.69, 9.17) is 4.98 Å². The molecule has 7 heteroatoms. The van der Waals surface area contributed by atoms with E-state index in [9.17, 15) is 4.79 Å². The number of hydrogen-bond donors (Lipinski definition) is 2. The summed E-state index contributed by atoms with van der Waals surface area (Å²) in [6.45, 7) is 4.55. The van der Waals surface area contributed by atoms with Crippen LogP contribution in [0.4, 0.5) is 10.9 Å². The van der Waals surface area contributed by atoms with E-state index >= 15 is 0 Å². The molecule has 5 aromatic rings. The van der Waals surface area contributed by atoms with Gasteiger partial charge in [-0.05, 0) is 55.3 Å². The number of nitrogens with one attached hydrogen (secondary N) is 2. The van der Waals surface area contributed by atoms with Gasteiger partial charge >= 0.3 is 0 Å². The van der Waals surface area contributed by atoms with Crippen molar-refractivity contribution in [3.63, 3.8) is 0 Å². The minimum absolute atomic E-state index is 0.225. The monoisotopic (exact) mass is 491 g/mol. The molecule has 0 radical (unpaired) electrons. The Morgan fingerprint density at radius 1 is 0.861 bits per heavy atom. The van der Waals surface area contributed by atoms with Gasteiger partial charge in [0.15, 0.2) is 5.13 Å². The highest BCUT2D eigenvalue weighted by molar-refractivity contribution is 7.19. The van der Waals surface area contributed by atoms with Crippen molar-refractivity contribution >= 4 is 28.2 Å². The number of anilines is 2. The van der Waals surface area contributed by atoms with Crippen LogP contribution in [0.2, 0.25) is 0 Å². The fourth-order valence-electron chi connectivity index (χ4n) is 3.90. The minimum Gasteiger partial charge on any atom is -0.366 e. The quantitative estimate of drug-likeness (QED) is 0.263. The Bertz CT molecular complexity index is 1510. The van der Waals surface area contributed by atoms with Crippen molar-refractivity contribution in [2.24, 2.45) is 0 Å². The summed E-state index contributed by atoms with van der Waals surface area (Å²) in [6.07, 6.45) is 3.47. The Balaban J connectivity index is 1.48. The van der Waals surface area contributed by atoms with Crippen LogP contribution < -0.4 is 10.6 Å². The predicted molar refractivity (Wildman–Crippen MR) is 146 cm³/mol. The van der Waals surface area contributed by atoms with Crippen LogP contribution in [-0.4, -0.2) is 20.9 Å². The van der Waals surface area contributed by atoms with E-state index in [0.29, 0.717) is 22.9 Å². The van der Waals surface area contributed by atoms with Gasteiger partial charge in [-0.1, -0.05) is 65.4 Å². The first-order valence-corrected chi connectivity index (χ1v) is 12.4. The summed E-state index contributed by atoms with van der Waals surface area (Å²) in [5, 5.41) is 6.91. The van der Waals surface area contributed by atoms with E-state index in [-0.39, 0.29) is 5.91 Å². The van der Waals surface area contributed by atoms with Crippen LogP contribution in [0.5, 0.6) is 0 Å². The molecule has 3 aromatic heterocycles. The van der Waals surface area contributed by atoms with Gasteiger partial charge < -0.3 is 5.32 Å². The third kappa shape index (κ3) is 5.31. The minimum atomic E-state index is -0.225. The molecular weight excluding hydrogens is 466 g/mol. The summed E-state index contributed by atoms with van der Waals surface area (Å²) in [7, 11) is 0. The molecule has 0 aliphatic rings. The number of hydrogen-bond acceptors (Lipinski definition) is 6. The van der Waals surface area contributed by atoms with Crippen molar-refractivity contribution in [1.82, 2.24) is 15.0 Å². The normalized spacial score (nSPS) is 10.7. The number of aromatic nitrogens is 3. The first kappa shape index (κ1) is 23.4. The average molecular weight is 492 g/mol. The molecule has 0 bridgehead atoms. The van der Waals surface area contributed by atoms with Crippen LogP contribution in [0, 0.1) is 13.8 Å². The molecule has 0 aliphatic heterocycles. The lowest BCUT2D eigenvalue weighted by molar-refractivity contribution is 0.102. The summed E-state index contributed by atoms with van der Waals surface area (Å²) in [5.41, 5.74) is 6.32. The summed E-state index contributed by atoms with van der Waals surface area (Å²) in [6, 6.07) is 25.9. The van der Waals surface area contributed by atoms with E-state index in [0.717, 1.165) is 33.1 Å². The molecule has 0 aliphatic carbocycles. The first-order valence-electron chi connectivity index (χ1n) is 11.6. The second-order valence-corrected chi connectivity index (χ2v) is 9.42. The zero-order valence-corrected chi connectivity index (χ0v) is 20.8. The van der Waals surface area contributed by atoms with Gasteiger partial charge in [-0.3, -0.25) is 15.1 Å². The number of carbonyl (C=O) groups is 1. The second kappa shape index (κ2) is 10.5. The lowest BCUT2D eigenvalue weighted by Gasteiger charge is -2.08. The summed E-state index contributed by atoms with van der Waals surface area (Å²) in [5.74, 6) is 0.549. The summed E-state index contributed by atoms with van der Waals surface area (Å²) < 4.78 is 0. The Morgan fingerprint density at radius 3 is 2.53 bits per heavy atom. The number of amides is 1. The number of aryl methyl sites for hydroxylation is 2. The van der Waals surface area contributed by atoms with E-state index in [1.54, 1.807) is 24.5 Å². The number of pyridine rings is 2. The van der Waals surface area contributed by atoms with Gasteiger partial charge in [0, 0.05) is 30.2 Å². The van der Waals surface area contributed by atoms with Crippen molar-refractivity contribution in [2.45, 2.75) is 20.4 Å². The molecule has 0 fully saturated rings. The molecule has 6 nitrogen and oxygen atoms in total. The van der Waals surface area contributed by atoms with Gasteiger partial charge in [-0.25, -0.2) is 9.97 Å². The van der Waals surface area contributed by atoms with E-state index < -0.39 is 0 Å². The highest BCUT2D eigenvalue weighted by Crippen LogP contribution is 2.40. The highest BCUT2D eigenvalue weighted by Gasteiger charge is 2.18. The number of thiazole rings is 1. The molecule has 3 heterocycles. The fourth-order valence-corrected chi connectivity index (χ4v) is 4.88. The van der Waals surface area contributed by atoms with Gasteiger partial charge in [0.05, 0.1) is 16.1 Å². The highest BCUT2D eigenvalue weighted by atomic mass is 32.1. The maximum absolute atomic E-state index is 13.0. The van der Waals surface area contributed by atoms with Crippen molar-refractivity contribution in [3.8, 4) is 21.7 Å². The predicted octanol–water partition coefficient (Wildman–Crippen LogP) is 6.75. The van der Waals surface area contributed by atoms with Crippen LogP contribution in [0.3, 0.4) is 0 Å². The van der Waals surface area contributed by atoms with E-state index in [1.165, 1.54) is 16.9 Å². The van der Waals surface area contributed by atoms with Gasteiger partial charge in [-0.15, -0.1) is 0 Å². The molecule has 0 unspecified atom stereocenters. The standard InChI is InChI=1S/C29H25N5OS/c1-19-8-6-11-22(16-19)26-27(36-29(33-26)34-28(35)24-12-7-14-30-20(24)2)23-13-15-31-25(17-23)32-18-21-9-4-3-5-10-21/h3-17H,18H2,1-2H3,(H,31,32)(H,33,34,35). The van der Waals surface area contributed by atoms with E-state index in [1.807, 2.05) is 49.4 Å². The fraction of sp³-hybridized carbons (Fsp3) is 0.103. The maximum Gasteiger partial charge on any atom is 0.259 e. The molecule has 2 N–H and O–H groups in total. The third-order valence-corrected chi connectivity index (χ3v) is 6.75. The Morgan fingerprint density at radius 2 is 1.72 bits per heavy atom. The Hall–Kier alpha value is -4.36. The third-order valence-electron chi connectivity index (χ3n) is 5.73. The summed E-state index contributed by atoms with van der Waals surface area (Å²) in [4.78, 5) is 27.5. The topological polar surface area (TPSA) is 79.8 Å². The average Bonchev–Trinajstić information content (AvgIpc) is 3.32. The van der Waals surface area contributed by atoms with Crippen LogP contribution in [0.15, 0.2) is 91.3 Å². The molecule has 0 saturated heterocycles. The zero-order chi connectivity index (χ0) is 24.9. The largest absolute Gasteiger partial charge is 0.366 e. The number of carbonyl (C=O) groups excluding carboxylic acids is 1. The molecular formula is C29H25N5OS. The molecule has 0 saturated carbocycles. The van der Waals surface area contributed by atoms with Crippen molar-refractivity contribution in [3.05, 3.63) is 114 Å². The smallest absolute Gasteiger partial charge is 0.259 e. The molecule has 2 aromatic carbocycles. The molecule has 36 heavy (non-hydrogen) atoms. The molecule has 5 rings (SSSR count). The van der Waals surface area contributed by atoms with E-state index in [2.05, 4.69) is 51.8 Å². The number of benzene rings is 2. The zero-order valence-electron chi connectivity index (χ0n) is 20.0. The number of rotatable bonds is 7. The van der Waals surface area contributed by atoms with Crippen molar-refractivity contribution in [1.29, 1.82) is 0 Å².